The predicted molar refractivity (Wildman–Crippen MR) is 120 cm³/mol. The lowest BCUT2D eigenvalue weighted by Crippen LogP contribution is -2.53. The first-order valence-corrected chi connectivity index (χ1v) is 10.9. The number of aryl methyl sites for hydroxylation is 1. The topological polar surface area (TPSA) is 102 Å². The number of carbonyl (C=O) groups is 2. The molecule has 2 aromatic carbocycles. The Hall–Kier alpha value is -3.59. The van der Waals surface area contributed by atoms with Crippen LogP contribution in [-0.2, 0) is 21.5 Å². The summed E-state index contributed by atoms with van der Waals surface area (Å²) in [6, 6.07) is 12.5. The van der Waals surface area contributed by atoms with Crippen LogP contribution in [0.15, 0.2) is 53.3 Å². The van der Waals surface area contributed by atoms with Gasteiger partial charge >= 0.3 is 0 Å². The number of benzene rings is 2. The van der Waals surface area contributed by atoms with Gasteiger partial charge in [0, 0.05) is 25.1 Å². The van der Waals surface area contributed by atoms with Gasteiger partial charge in [-0.3, -0.25) is 25.2 Å². The molecule has 0 unspecified atom stereocenters. The number of carbonyl (C=O) groups excluding carboxylic acids is 2. The van der Waals surface area contributed by atoms with E-state index >= 15 is 0 Å². The van der Waals surface area contributed by atoms with Gasteiger partial charge in [-0.15, -0.1) is 0 Å². The zero-order valence-corrected chi connectivity index (χ0v) is 18.3. The van der Waals surface area contributed by atoms with Crippen molar-refractivity contribution >= 4 is 22.6 Å². The maximum absolute atomic E-state index is 13.5. The lowest BCUT2D eigenvalue weighted by Gasteiger charge is -2.36. The first-order valence-electron chi connectivity index (χ1n) is 10.9. The van der Waals surface area contributed by atoms with Gasteiger partial charge in [0.25, 0.3) is 11.5 Å². The van der Waals surface area contributed by atoms with E-state index in [1.165, 1.54) is 16.8 Å². The van der Waals surface area contributed by atoms with Crippen molar-refractivity contribution in [2.45, 2.75) is 38.1 Å². The molecule has 1 saturated heterocycles. The van der Waals surface area contributed by atoms with Gasteiger partial charge in [-0.05, 0) is 43.0 Å². The number of nitrogens with zero attached hydrogens (tertiary/aromatic N) is 2. The standard InChI is InChI=1S/C24H25FN4O4/c1-2-13-29-22(31)19-6-4-3-5-18(19)20(28-29)21(30)26-27-23(32)24(11-14-33-15-12-24)16-7-9-17(25)10-8-16/h3-10H,2,11-15H2,1H3,(H,26,30)(H,27,32). The summed E-state index contributed by atoms with van der Waals surface area (Å²) in [5, 5.41) is 5.03. The molecule has 1 aromatic heterocycles. The minimum absolute atomic E-state index is 0.0433. The van der Waals surface area contributed by atoms with E-state index in [2.05, 4.69) is 16.0 Å². The maximum atomic E-state index is 13.5. The molecule has 0 radical (unpaired) electrons. The molecule has 4 rings (SSSR count). The molecule has 0 aliphatic carbocycles. The molecule has 0 bridgehead atoms. The Labute approximate surface area is 189 Å². The van der Waals surface area contributed by atoms with Gasteiger partial charge in [0.2, 0.25) is 5.91 Å². The third-order valence-electron chi connectivity index (χ3n) is 5.99. The molecular formula is C24H25FN4O4. The molecule has 3 aromatic rings. The fraction of sp³-hybridized carbons (Fsp3) is 0.333. The van der Waals surface area contributed by atoms with E-state index in [4.69, 9.17) is 4.74 Å². The van der Waals surface area contributed by atoms with Crippen molar-refractivity contribution in [3.8, 4) is 0 Å². The van der Waals surface area contributed by atoms with E-state index in [9.17, 15) is 18.8 Å². The second-order valence-electron chi connectivity index (χ2n) is 8.03. The van der Waals surface area contributed by atoms with Crippen molar-refractivity contribution in [2.75, 3.05) is 13.2 Å². The normalized spacial score (nSPS) is 15.2. The number of amides is 2. The van der Waals surface area contributed by atoms with Crippen LogP contribution in [0, 0.1) is 5.82 Å². The molecule has 1 fully saturated rings. The number of rotatable bonds is 5. The molecule has 2 N–H and O–H groups in total. The molecular weight excluding hydrogens is 427 g/mol. The zero-order valence-electron chi connectivity index (χ0n) is 18.3. The Morgan fingerprint density at radius 3 is 2.39 bits per heavy atom. The van der Waals surface area contributed by atoms with E-state index in [1.807, 2.05) is 6.92 Å². The average molecular weight is 452 g/mol. The number of hydrogen-bond donors (Lipinski definition) is 2. The Morgan fingerprint density at radius 1 is 1.06 bits per heavy atom. The van der Waals surface area contributed by atoms with E-state index < -0.39 is 23.0 Å². The fourth-order valence-corrected chi connectivity index (χ4v) is 4.19. The molecule has 1 aliphatic heterocycles. The summed E-state index contributed by atoms with van der Waals surface area (Å²) in [6.45, 7) is 3.01. The van der Waals surface area contributed by atoms with Gasteiger partial charge in [0.15, 0.2) is 5.69 Å². The second-order valence-corrected chi connectivity index (χ2v) is 8.03. The number of hydrogen-bond acceptors (Lipinski definition) is 5. The summed E-state index contributed by atoms with van der Waals surface area (Å²) in [5.74, 6) is -1.45. The predicted octanol–water partition coefficient (Wildman–Crippen LogP) is 2.46. The molecule has 33 heavy (non-hydrogen) atoms. The van der Waals surface area contributed by atoms with Crippen molar-refractivity contribution in [3.05, 3.63) is 76.0 Å². The highest BCUT2D eigenvalue weighted by molar-refractivity contribution is 6.05. The number of aromatic nitrogens is 2. The van der Waals surface area contributed by atoms with Crippen LogP contribution in [-0.4, -0.2) is 34.8 Å². The minimum Gasteiger partial charge on any atom is -0.381 e. The maximum Gasteiger partial charge on any atom is 0.290 e. The first kappa shape index (κ1) is 22.6. The highest BCUT2D eigenvalue weighted by Crippen LogP contribution is 2.35. The second kappa shape index (κ2) is 9.50. The molecule has 2 heterocycles. The molecule has 1 aliphatic rings. The number of ether oxygens (including phenoxy) is 1. The van der Waals surface area contributed by atoms with Crippen LogP contribution < -0.4 is 16.4 Å². The van der Waals surface area contributed by atoms with E-state index in [-0.39, 0.29) is 11.3 Å². The summed E-state index contributed by atoms with van der Waals surface area (Å²) in [6.07, 6.45) is 1.46. The molecule has 0 saturated carbocycles. The monoisotopic (exact) mass is 452 g/mol. The summed E-state index contributed by atoms with van der Waals surface area (Å²) in [5.41, 5.74) is 4.43. The van der Waals surface area contributed by atoms with Gasteiger partial charge < -0.3 is 4.74 Å². The van der Waals surface area contributed by atoms with Crippen molar-refractivity contribution in [1.82, 2.24) is 20.6 Å². The SMILES string of the molecule is CCCn1nc(C(=O)NNC(=O)C2(c3ccc(F)cc3)CCOCC2)c2ccccc2c1=O. The number of fused-ring (bicyclic) bond motifs is 1. The molecule has 2 amide bonds. The van der Waals surface area contributed by atoms with E-state index in [1.54, 1.807) is 36.4 Å². The van der Waals surface area contributed by atoms with Crippen LogP contribution >= 0.6 is 0 Å². The average Bonchev–Trinajstić information content (AvgIpc) is 2.85. The lowest BCUT2D eigenvalue weighted by atomic mass is 9.73. The van der Waals surface area contributed by atoms with Gasteiger partial charge in [0.05, 0.1) is 10.8 Å². The van der Waals surface area contributed by atoms with Crippen molar-refractivity contribution in [2.24, 2.45) is 0 Å². The third-order valence-corrected chi connectivity index (χ3v) is 5.99. The Morgan fingerprint density at radius 2 is 1.73 bits per heavy atom. The van der Waals surface area contributed by atoms with Crippen LogP contribution in [0.3, 0.4) is 0 Å². The summed E-state index contributed by atoms with van der Waals surface area (Å²) < 4.78 is 20.1. The van der Waals surface area contributed by atoms with Crippen molar-refractivity contribution in [3.63, 3.8) is 0 Å². The van der Waals surface area contributed by atoms with E-state index in [0.717, 1.165) is 0 Å². The summed E-state index contributed by atoms with van der Waals surface area (Å²) in [7, 11) is 0. The van der Waals surface area contributed by atoms with Crippen molar-refractivity contribution in [1.29, 1.82) is 0 Å². The Bertz CT molecular complexity index is 1230. The van der Waals surface area contributed by atoms with E-state index in [0.29, 0.717) is 55.4 Å². The molecule has 0 atom stereocenters. The van der Waals surface area contributed by atoms with Crippen LogP contribution in [0.5, 0.6) is 0 Å². The molecule has 172 valence electrons. The quantitative estimate of drug-likeness (QED) is 0.579. The number of nitrogens with one attached hydrogen (secondary N) is 2. The zero-order chi connectivity index (χ0) is 23.4. The van der Waals surface area contributed by atoms with Gasteiger partial charge in [-0.2, -0.15) is 5.10 Å². The highest BCUT2D eigenvalue weighted by Gasteiger charge is 2.42. The lowest BCUT2D eigenvalue weighted by molar-refractivity contribution is -0.131. The van der Waals surface area contributed by atoms with Crippen LogP contribution in [0.4, 0.5) is 4.39 Å². The molecule has 9 heteroatoms. The number of halogens is 1. The van der Waals surface area contributed by atoms with Gasteiger partial charge in [0.1, 0.15) is 5.82 Å². The Kier molecular flexibility index (Phi) is 6.50. The number of hydrazine groups is 1. The highest BCUT2D eigenvalue weighted by atomic mass is 19.1. The van der Waals surface area contributed by atoms with Gasteiger partial charge in [-0.1, -0.05) is 37.3 Å². The largest absolute Gasteiger partial charge is 0.381 e. The van der Waals surface area contributed by atoms with Crippen LogP contribution in [0.25, 0.3) is 10.8 Å². The first-order chi connectivity index (χ1) is 16.0. The summed E-state index contributed by atoms with van der Waals surface area (Å²) in [4.78, 5) is 38.9. The molecule has 0 spiro atoms. The van der Waals surface area contributed by atoms with Crippen molar-refractivity contribution < 1.29 is 18.7 Å². The van der Waals surface area contributed by atoms with Crippen LogP contribution in [0.1, 0.15) is 42.2 Å². The fourth-order valence-electron chi connectivity index (χ4n) is 4.19. The Balaban J connectivity index is 1.61. The van der Waals surface area contributed by atoms with Crippen LogP contribution in [0.2, 0.25) is 0 Å². The third kappa shape index (κ3) is 4.36. The van der Waals surface area contributed by atoms with Gasteiger partial charge in [-0.25, -0.2) is 9.07 Å². The molecule has 8 nitrogen and oxygen atoms in total. The summed E-state index contributed by atoms with van der Waals surface area (Å²) >= 11 is 0. The minimum atomic E-state index is -0.963. The smallest absolute Gasteiger partial charge is 0.290 e.